The summed E-state index contributed by atoms with van der Waals surface area (Å²) in [5, 5.41) is 0. The van der Waals surface area contributed by atoms with Gasteiger partial charge in [-0.1, -0.05) is 42.5 Å². The maximum atomic E-state index is 13.3. The van der Waals surface area contributed by atoms with Gasteiger partial charge in [0.25, 0.3) is 0 Å². The molecule has 2 aromatic carbocycles. The smallest absolute Gasteiger partial charge is 0.410 e. The Hall–Kier alpha value is -3.06. The minimum atomic E-state index is -0.512. The summed E-state index contributed by atoms with van der Waals surface area (Å²) in [7, 11) is 1.39. The van der Waals surface area contributed by atoms with Crippen LogP contribution >= 0.6 is 0 Å². The van der Waals surface area contributed by atoms with E-state index in [4.69, 9.17) is 14.2 Å². The Morgan fingerprint density at radius 3 is 2.30 bits per heavy atom. The summed E-state index contributed by atoms with van der Waals surface area (Å²) in [5.74, 6) is 0.930. The van der Waals surface area contributed by atoms with Crippen molar-refractivity contribution in [3.05, 3.63) is 65.7 Å². The fourth-order valence-corrected chi connectivity index (χ4v) is 5.07. The normalized spacial score (nSPS) is 20.2. The zero-order chi connectivity index (χ0) is 26.4. The van der Waals surface area contributed by atoms with Gasteiger partial charge in [-0.25, -0.2) is 4.79 Å². The van der Waals surface area contributed by atoms with Crippen LogP contribution in [0.25, 0.3) is 0 Å². The molecule has 1 saturated carbocycles. The Balaban J connectivity index is 1.27. The lowest BCUT2D eigenvalue weighted by Gasteiger charge is -2.39. The molecule has 0 bridgehead atoms. The van der Waals surface area contributed by atoms with E-state index in [1.165, 1.54) is 12.7 Å². The minimum absolute atomic E-state index is 0.187. The monoisotopic (exact) mass is 508 g/mol. The van der Waals surface area contributed by atoms with Crippen LogP contribution in [0.1, 0.15) is 57.1 Å². The van der Waals surface area contributed by atoms with E-state index in [2.05, 4.69) is 29.2 Å². The number of ether oxygens (including phenoxy) is 3. The summed E-state index contributed by atoms with van der Waals surface area (Å²) in [6.45, 7) is 9.07. The van der Waals surface area contributed by atoms with E-state index in [0.717, 1.165) is 50.2 Å². The number of esters is 1. The summed E-state index contributed by atoms with van der Waals surface area (Å²) in [6, 6.07) is 18.5. The summed E-state index contributed by atoms with van der Waals surface area (Å²) in [5.41, 5.74) is 1.69. The van der Waals surface area contributed by atoms with Crippen LogP contribution in [0.2, 0.25) is 0 Å². The number of benzene rings is 2. The maximum Gasteiger partial charge on any atom is 0.410 e. The number of methoxy groups -OCH3 is 1. The van der Waals surface area contributed by atoms with Gasteiger partial charge in [-0.15, -0.1) is 0 Å². The highest BCUT2D eigenvalue weighted by Gasteiger charge is 2.48. The van der Waals surface area contributed by atoms with Gasteiger partial charge in [0.15, 0.2) is 0 Å². The van der Waals surface area contributed by atoms with Crippen molar-refractivity contribution >= 4 is 12.1 Å². The highest BCUT2D eigenvalue weighted by Crippen LogP contribution is 2.46. The Labute approximate surface area is 220 Å². The van der Waals surface area contributed by atoms with Gasteiger partial charge in [0.1, 0.15) is 18.0 Å². The molecule has 37 heavy (non-hydrogen) atoms. The summed E-state index contributed by atoms with van der Waals surface area (Å²) < 4.78 is 16.5. The summed E-state index contributed by atoms with van der Waals surface area (Å²) >= 11 is 0. The number of amides is 1. The highest BCUT2D eigenvalue weighted by molar-refractivity contribution is 5.72. The molecule has 1 aliphatic heterocycles. The molecule has 2 aromatic rings. The van der Waals surface area contributed by atoms with Gasteiger partial charge in [-0.3, -0.25) is 9.69 Å². The average Bonchev–Trinajstić information content (AvgIpc) is 3.66. The number of nitrogens with zero attached hydrogens (tertiary/aromatic N) is 2. The van der Waals surface area contributed by atoms with Gasteiger partial charge in [-0.2, -0.15) is 0 Å². The van der Waals surface area contributed by atoms with Gasteiger partial charge >= 0.3 is 12.1 Å². The molecule has 0 unspecified atom stereocenters. The van der Waals surface area contributed by atoms with Crippen molar-refractivity contribution in [2.24, 2.45) is 0 Å². The molecule has 7 heteroatoms. The topological polar surface area (TPSA) is 68.3 Å². The van der Waals surface area contributed by atoms with Crippen LogP contribution in [0.15, 0.2) is 54.6 Å². The molecule has 2 atom stereocenters. The first-order valence-electron chi connectivity index (χ1n) is 13.3. The predicted molar refractivity (Wildman–Crippen MR) is 143 cm³/mol. The molecule has 4 rings (SSSR count). The Morgan fingerprint density at radius 2 is 1.68 bits per heavy atom. The predicted octanol–water partition coefficient (Wildman–Crippen LogP) is 5.04. The lowest BCUT2D eigenvalue weighted by Crippen LogP contribution is -2.50. The molecule has 0 spiro atoms. The van der Waals surface area contributed by atoms with Crippen LogP contribution in [0.5, 0.6) is 5.75 Å². The zero-order valence-corrected chi connectivity index (χ0v) is 22.5. The number of carbonyl (C=O) groups is 2. The molecule has 1 saturated heterocycles. The van der Waals surface area contributed by atoms with Gasteiger partial charge < -0.3 is 19.1 Å². The van der Waals surface area contributed by atoms with E-state index in [9.17, 15) is 9.59 Å². The molecule has 2 fully saturated rings. The van der Waals surface area contributed by atoms with Crippen molar-refractivity contribution in [2.75, 3.05) is 33.4 Å². The molecule has 0 N–H and O–H groups in total. The van der Waals surface area contributed by atoms with Crippen LogP contribution in [0.3, 0.4) is 0 Å². The first-order valence-corrected chi connectivity index (χ1v) is 13.3. The number of likely N-dealkylation sites (tertiary alicyclic amines) is 1. The molecular weight excluding hydrogens is 468 g/mol. The van der Waals surface area contributed by atoms with Crippen LogP contribution < -0.4 is 4.74 Å². The van der Waals surface area contributed by atoms with E-state index < -0.39 is 5.60 Å². The van der Waals surface area contributed by atoms with E-state index in [1.807, 2.05) is 56.0 Å². The number of hydrogen-bond acceptors (Lipinski definition) is 6. The number of piperidine rings is 1. The second-order valence-electron chi connectivity index (χ2n) is 11.0. The first-order chi connectivity index (χ1) is 17.7. The molecule has 7 nitrogen and oxygen atoms in total. The van der Waals surface area contributed by atoms with Crippen LogP contribution in [-0.2, 0) is 20.7 Å². The molecule has 1 heterocycles. The Bertz CT molecular complexity index is 1030. The van der Waals surface area contributed by atoms with Crippen molar-refractivity contribution in [3.63, 3.8) is 0 Å². The van der Waals surface area contributed by atoms with Crippen molar-refractivity contribution in [1.29, 1.82) is 0 Å². The number of hydrogen-bond donors (Lipinski definition) is 0. The largest absolute Gasteiger partial charge is 0.492 e. The van der Waals surface area contributed by atoms with Crippen molar-refractivity contribution in [3.8, 4) is 5.75 Å². The third-order valence-electron chi connectivity index (χ3n) is 7.07. The minimum Gasteiger partial charge on any atom is -0.492 e. The number of rotatable bonds is 9. The molecule has 0 aromatic heterocycles. The maximum absolute atomic E-state index is 13.3. The highest BCUT2D eigenvalue weighted by atomic mass is 16.6. The average molecular weight is 509 g/mol. The summed E-state index contributed by atoms with van der Waals surface area (Å²) in [6.07, 6.45) is 2.93. The van der Waals surface area contributed by atoms with Crippen molar-refractivity contribution in [1.82, 2.24) is 9.80 Å². The third-order valence-corrected chi connectivity index (χ3v) is 7.07. The van der Waals surface area contributed by atoms with Gasteiger partial charge in [0.2, 0.25) is 0 Å². The number of carbonyl (C=O) groups excluding carboxylic acids is 2. The third kappa shape index (κ3) is 7.71. The molecular formula is C30H40N2O5. The fraction of sp³-hybridized carbons (Fsp3) is 0.533. The quantitative estimate of drug-likeness (QED) is 0.442. The Morgan fingerprint density at radius 1 is 1.00 bits per heavy atom. The molecule has 0 radical (unpaired) electrons. The molecule has 200 valence electrons. The van der Waals surface area contributed by atoms with E-state index in [0.29, 0.717) is 12.5 Å². The van der Waals surface area contributed by atoms with Gasteiger partial charge in [0.05, 0.1) is 13.5 Å². The second-order valence-corrected chi connectivity index (χ2v) is 11.0. The fourth-order valence-electron chi connectivity index (χ4n) is 5.07. The van der Waals surface area contributed by atoms with E-state index >= 15 is 0 Å². The second kappa shape index (κ2) is 12.0. The van der Waals surface area contributed by atoms with Gasteiger partial charge in [0, 0.05) is 37.6 Å². The molecule has 1 aliphatic carbocycles. The van der Waals surface area contributed by atoms with Crippen LogP contribution in [0, 0.1) is 0 Å². The van der Waals surface area contributed by atoms with E-state index in [1.54, 1.807) is 0 Å². The SMILES string of the molecule is COC(=O)Cc1ccc(OCCN2CCC(N(C(=O)OC(C)(C)C)[C@@H]3C[C@H]3c3ccccc3)CC2)cc1. The first kappa shape index (κ1) is 27.0. The van der Waals surface area contributed by atoms with Crippen molar-refractivity contribution in [2.45, 2.75) is 70.1 Å². The van der Waals surface area contributed by atoms with Crippen LogP contribution in [0.4, 0.5) is 4.79 Å². The summed E-state index contributed by atoms with van der Waals surface area (Å²) in [4.78, 5) is 29.1. The zero-order valence-electron chi connectivity index (χ0n) is 22.5. The standard InChI is InChI=1S/C30H40N2O5/c1-30(2,3)37-29(34)32(27-21-26(27)23-8-6-5-7-9-23)24-14-16-31(17-15-24)18-19-36-25-12-10-22(11-13-25)20-28(33)35-4/h5-13,24,26-27H,14-21H2,1-4H3/t26-,27+/m0/s1. The lowest BCUT2D eigenvalue weighted by atomic mass is 10.0. The Kier molecular flexibility index (Phi) is 8.75. The van der Waals surface area contributed by atoms with Crippen molar-refractivity contribution < 1.29 is 23.8 Å². The van der Waals surface area contributed by atoms with Gasteiger partial charge in [-0.05, 0) is 63.3 Å². The molecule has 1 amide bonds. The van der Waals surface area contributed by atoms with Crippen LogP contribution in [-0.4, -0.2) is 72.9 Å². The molecule has 2 aliphatic rings. The van der Waals surface area contributed by atoms with E-state index in [-0.39, 0.29) is 30.6 Å². The lowest BCUT2D eigenvalue weighted by molar-refractivity contribution is -0.139.